The van der Waals surface area contributed by atoms with E-state index in [0.717, 1.165) is 0 Å². The summed E-state index contributed by atoms with van der Waals surface area (Å²) in [5.74, 6) is 0.177. The number of nitrogens with two attached hydrogens (primary N) is 1. The second-order valence-electron chi connectivity index (χ2n) is 4.63. The Morgan fingerprint density at radius 3 is 2.33 bits per heavy atom. The van der Waals surface area contributed by atoms with Crippen molar-refractivity contribution in [3.8, 4) is 0 Å². The van der Waals surface area contributed by atoms with Crippen LogP contribution < -0.4 is 5.73 Å². The number of hydrogen-bond acceptors (Lipinski definition) is 7. The van der Waals surface area contributed by atoms with Gasteiger partial charge in [0, 0.05) is 30.1 Å². The summed E-state index contributed by atoms with van der Waals surface area (Å²) in [5, 5.41) is 20.4. The van der Waals surface area contributed by atoms with Crippen LogP contribution in [0.3, 0.4) is 0 Å². The van der Waals surface area contributed by atoms with Gasteiger partial charge in [0.1, 0.15) is 5.84 Å². The molecule has 2 aromatic rings. The monoisotopic (exact) mass is 331 g/mol. The molecule has 0 saturated heterocycles. The highest BCUT2D eigenvalue weighted by Crippen LogP contribution is 2.21. The summed E-state index contributed by atoms with van der Waals surface area (Å²) >= 11 is 0. The van der Waals surface area contributed by atoms with E-state index in [1.54, 1.807) is 24.5 Å². The van der Waals surface area contributed by atoms with Gasteiger partial charge in [-0.2, -0.15) is 0 Å². The van der Waals surface area contributed by atoms with Crippen molar-refractivity contribution in [3.63, 3.8) is 0 Å². The Kier molecular flexibility index (Phi) is 5.34. The van der Waals surface area contributed by atoms with Crippen LogP contribution in [0.25, 0.3) is 0 Å². The Hall–Kier alpha value is -3.56. The average molecular weight is 331 g/mol. The number of rotatable bonds is 7. The zero-order valence-corrected chi connectivity index (χ0v) is 12.3. The van der Waals surface area contributed by atoms with Crippen LogP contribution in [-0.2, 0) is 4.84 Å². The molecule has 0 spiro atoms. The largest absolute Gasteiger partial charge is 0.384 e. The maximum Gasteiger partial charge on any atom is 0.295 e. The topological polar surface area (TPSA) is 147 Å². The lowest BCUT2D eigenvalue weighted by molar-refractivity contribution is -0.770. The molecule has 0 aliphatic heterocycles. The maximum atomic E-state index is 10.7. The van der Waals surface area contributed by atoms with Crippen molar-refractivity contribution in [3.05, 3.63) is 80.1 Å². The number of nitro benzene ring substituents is 1. The third kappa shape index (κ3) is 4.47. The Balaban J connectivity index is 2.19. The highest BCUT2D eigenvalue weighted by Gasteiger charge is 2.17. The molecule has 0 aliphatic carbocycles. The van der Waals surface area contributed by atoms with Gasteiger partial charge in [0.05, 0.1) is 11.5 Å². The van der Waals surface area contributed by atoms with Crippen LogP contribution in [0, 0.1) is 20.2 Å². The zero-order chi connectivity index (χ0) is 17.5. The van der Waals surface area contributed by atoms with Crippen molar-refractivity contribution < 1.29 is 14.8 Å². The Morgan fingerprint density at radius 1 is 1.17 bits per heavy atom. The third-order valence-corrected chi connectivity index (χ3v) is 3.09. The molecule has 1 unspecified atom stereocenters. The molecule has 24 heavy (non-hydrogen) atoms. The molecule has 0 amide bonds. The minimum atomic E-state index is -1.03. The lowest BCUT2D eigenvalue weighted by Crippen LogP contribution is -2.18. The predicted octanol–water partition coefficient (Wildman–Crippen LogP) is 1.64. The highest BCUT2D eigenvalue weighted by molar-refractivity contribution is 5.97. The molecular formula is C14H13N5O5. The van der Waals surface area contributed by atoms with Gasteiger partial charge in [-0.1, -0.05) is 0 Å². The molecule has 0 saturated carbocycles. The molecule has 1 atom stereocenters. The second kappa shape index (κ2) is 7.63. The molecule has 10 nitrogen and oxygen atoms in total. The number of benzene rings is 1. The summed E-state index contributed by atoms with van der Waals surface area (Å²) < 4.78 is 0. The number of nitrogens with zero attached hydrogens (tertiary/aromatic N) is 4. The van der Waals surface area contributed by atoms with Gasteiger partial charge in [-0.15, -0.1) is 10.1 Å². The van der Waals surface area contributed by atoms with Crippen molar-refractivity contribution in [1.82, 2.24) is 4.98 Å². The number of aromatic nitrogens is 1. The van der Waals surface area contributed by atoms with Crippen LogP contribution in [0.15, 0.2) is 53.8 Å². The quantitative estimate of drug-likeness (QED) is 0.351. The van der Waals surface area contributed by atoms with Crippen LogP contribution in [0.1, 0.15) is 17.2 Å². The van der Waals surface area contributed by atoms with E-state index in [2.05, 4.69) is 14.8 Å². The minimum Gasteiger partial charge on any atom is -0.384 e. The van der Waals surface area contributed by atoms with Gasteiger partial charge < -0.3 is 10.6 Å². The summed E-state index contributed by atoms with van der Waals surface area (Å²) in [6, 6.07) is 8.53. The van der Waals surface area contributed by atoms with Crippen molar-refractivity contribution in [2.75, 3.05) is 6.54 Å². The van der Waals surface area contributed by atoms with E-state index >= 15 is 0 Å². The molecule has 1 aromatic carbocycles. The third-order valence-electron chi connectivity index (χ3n) is 3.09. The number of hydrogen-bond donors (Lipinski definition) is 1. The lowest BCUT2D eigenvalue weighted by atomic mass is 10.1. The fraction of sp³-hybridized carbons (Fsp3) is 0.143. The first-order chi connectivity index (χ1) is 11.5. The van der Waals surface area contributed by atoms with E-state index in [1.165, 1.54) is 24.3 Å². The smallest absolute Gasteiger partial charge is 0.295 e. The fourth-order valence-electron chi connectivity index (χ4n) is 1.91. The molecule has 1 aromatic heterocycles. The Morgan fingerprint density at radius 2 is 1.79 bits per heavy atom. The predicted molar refractivity (Wildman–Crippen MR) is 83.7 cm³/mol. The first kappa shape index (κ1) is 16.8. The standard InChI is InChI=1S/C14H13N5O5/c15-14(11-5-7-16-8-6-11)17-9-13(24-19(22)23)10-1-3-12(4-2-10)18(20)21/h1-8,13H,9H2,(H2,15,17). The number of aliphatic imine (C=N–C) groups is 1. The minimum absolute atomic E-state index is 0.118. The maximum absolute atomic E-state index is 10.7. The number of pyridine rings is 1. The highest BCUT2D eigenvalue weighted by atomic mass is 17.0. The van der Waals surface area contributed by atoms with Crippen LogP contribution in [-0.4, -0.2) is 27.4 Å². The van der Waals surface area contributed by atoms with Gasteiger partial charge in [-0.3, -0.25) is 20.1 Å². The molecule has 0 fully saturated rings. The first-order valence-corrected chi connectivity index (χ1v) is 6.73. The normalized spacial score (nSPS) is 12.4. The van der Waals surface area contributed by atoms with Gasteiger partial charge in [-0.05, 0) is 29.8 Å². The van der Waals surface area contributed by atoms with E-state index in [1.807, 2.05) is 0 Å². The van der Waals surface area contributed by atoms with Crippen LogP contribution in [0.4, 0.5) is 5.69 Å². The second-order valence-corrected chi connectivity index (χ2v) is 4.63. The molecule has 10 heteroatoms. The zero-order valence-electron chi connectivity index (χ0n) is 12.3. The average Bonchev–Trinajstić information content (AvgIpc) is 2.59. The van der Waals surface area contributed by atoms with Gasteiger partial charge >= 0.3 is 0 Å². The van der Waals surface area contributed by atoms with E-state index in [0.29, 0.717) is 11.1 Å². The number of non-ortho nitro benzene ring substituents is 1. The van der Waals surface area contributed by atoms with Gasteiger partial charge in [0.25, 0.3) is 10.8 Å². The molecule has 2 rings (SSSR count). The van der Waals surface area contributed by atoms with Crippen molar-refractivity contribution in [1.29, 1.82) is 0 Å². The van der Waals surface area contributed by atoms with Crippen molar-refractivity contribution >= 4 is 11.5 Å². The SMILES string of the molecule is NC(=NCC(O[N+](=O)[O-])c1ccc([N+](=O)[O-])cc1)c1ccncc1. The molecule has 2 N–H and O–H groups in total. The summed E-state index contributed by atoms with van der Waals surface area (Å²) in [5.41, 5.74) is 6.69. The molecule has 124 valence electrons. The van der Waals surface area contributed by atoms with Gasteiger partial charge in [-0.25, -0.2) is 0 Å². The molecule has 0 aliphatic rings. The number of amidine groups is 1. The summed E-state index contributed by atoms with van der Waals surface area (Å²) in [7, 11) is 0. The summed E-state index contributed by atoms with van der Waals surface area (Å²) in [6.45, 7) is -0.118. The summed E-state index contributed by atoms with van der Waals surface area (Å²) in [6.07, 6.45) is 2.05. The van der Waals surface area contributed by atoms with Gasteiger partial charge in [0.2, 0.25) is 0 Å². The molecule has 0 bridgehead atoms. The van der Waals surface area contributed by atoms with E-state index in [4.69, 9.17) is 5.73 Å². The fourth-order valence-corrected chi connectivity index (χ4v) is 1.91. The summed E-state index contributed by atoms with van der Waals surface area (Å²) in [4.78, 5) is 33.3. The van der Waals surface area contributed by atoms with Crippen molar-refractivity contribution in [2.24, 2.45) is 10.7 Å². The van der Waals surface area contributed by atoms with Crippen LogP contribution in [0.2, 0.25) is 0 Å². The van der Waals surface area contributed by atoms with Gasteiger partial charge in [0.15, 0.2) is 6.10 Å². The molecule has 1 heterocycles. The van der Waals surface area contributed by atoms with E-state index in [-0.39, 0.29) is 18.1 Å². The Labute approximate surface area is 135 Å². The van der Waals surface area contributed by atoms with Crippen LogP contribution in [0.5, 0.6) is 0 Å². The van der Waals surface area contributed by atoms with Crippen LogP contribution >= 0.6 is 0 Å². The Bertz CT molecular complexity index is 748. The lowest BCUT2D eigenvalue weighted by Gasteiger charge is -2.13. The van der Waals surface area contributed by atoms with E-state index in [9.17, 15) is 20.2 Å². The van der Waals surface area contributed by atoms with E-state index < -0.39 is 16.1 Å². The van der Waals surface area contributed by atoms with Crippen molar-refractivity contribution in [2.45, 2.75) is 6.10 Å². The molecular weight excluding hydrogens is 318 g/mol. The number of nitro groups is 1. The molecule has 0 radical (unpaired) electrons. The first-order valence-electron chi connectivity index (χ1n) is 6.73.